The first-order valence-corrected chi connectivity index (χ1v) is 8.05. The Morgan fingerprint density at radius 2 is 2.09 bits per heavy atom. The van der Waals surface area contributed by atoms with E-state index in [1.807, 2.05) is 0 Å². The third-order valence-electron chi connectivity index (χ3n) is 4.45. The van der Waals surface area contributed by atoms with Crippen LogP contribution >= 0.6 is 11.3 Å². The number of ether oxygens (including phenoxy) is 1. The molecule has 5 N–H and O–H groups in total. The third-order valence-corrected chi connectivity index (χ3v) is 5.58. The largest absolute Gasteiger partial charge is 0.494 e. The summed E-state index contributed by atoms with van der Waals surface area (Å²) in [6.07, 6.45) is 5.70. The van der Waals surface area contributed by atoms with Gasteiger partial charge in [-0.25, -0.2) is 0 Å². The standard InChI is InChI=1S/C17H17N3OS/c1-21-17-12(19)4-3-11(18)15(17)16(20)14-7-10-9-6-8(9)2-5-13(10)22-14/h2-5,7-9,20H,6,18-19H2,1H3. The summed E-state index contributed by atoms with van der Waals surface area (Å²) in [5, 5.41) is 8.58. The normalized spacial score (nSPS) is 21.1. The summed E-state index contributed by atoms with van der Waals surface area (Å²) in [6, 6.07) is 5.58. The fraction of sp³-hybridized carbons (Fsp3) is 0.235. The monoisotopic (exact) mass is 311 g/mol. The summed E-state index contributed by atoms with van der Waals surface area (Å²) < 4.78 is 5.38. The molecule has 112 valence electrons. The van der Waals surface area contributed by atoms with Crippen molar-refractivity contribution < 1.29 is 4.74 Å². The van der Waals surface area contributed by atoms with Gasteiger partial charge in [0.15, 0.2) is 5.75 Å². The zero-order valence-corrected chi connectivity index (χ0v) is 13.0. The third kappa shape index (κ3) is 1.85. The number of hydrogen-bond donors (Lipinski definition) is 3. The Balaban J connectivity index is 1.80. The van der Waals surface area contributed by atoms with Crippen molar-refractivity contribution >= 4 is 34.5 Å². The molecule has 0 spiro atoms. The number of nitrogen functional groups attached to an aromatic ring is 2. The van der Waals surface area contributed by atoms with Gasteiger partial charge in [-0.1, -0.05) is 6.08 Å². The van der Waals surface area contributed by atoms with E-state index < -0.39 is 0 Å². The van der Waals surface area contributed by atoms with Crippen LogP contribution in [0.4, 0.5) is 11.4 Å². The van der Waals surface area contributed by atoms with Gasteiger partial charge in [-0.15, -0.1) is 11.3 Å². The van der Waals surface area contributed by atoms with E-state index in [1.54, 1.807) is 30.6 Å². The van der Waals surface area contributed by atoms with Crippen molar-refractivity contribution in [2.45, 2.75) is 12.3 Å². The Kier molecular flexibility index (Phi) is 2.81. The zero-order valence-electron chi connectivity index (χ0n) is 12.2. The number of hydrogen-bond acceptors (Lipinski definition) is 5. The highest BCUT2D eigenvalue weighted by Gasteiger charge is 2.40. The second-order valence-electron chi connectivity index (χ2n) is 5.82. The van der Waals surface area contributed by atoms with Crippen molar-refractivity contribution in [1.29, 1.82) is 5.41 Å². The predicted molar refractivity (Wildman–Crippen MR) is 92.0 cm³/mol. The molecule has 1 heterocycles. The van der Waals surface area contributed by atoms with Crippen molar-refractivity contribution in [3.8, 4) is 5.75 Å². The number of allylic oxidation sites excluding steroid dienone is 1. The first-order valence-electron chi connectivity index (χ1n) is 7.23. The van der Waals surface area contributed by atoms with Crippen LogP contribution in [0, 0.1) is 11.3 Å². The molecule has 1 fully saturated rings. The van der Waals surface area contributed by atoms with Crippen LogP contribution in [-0.4, -0.2) is 12.8 Å². The minimum Gasteiger partial charge on any atom is -0.494 e. The molecular weight excluding hydrogens is 294 g/mol. The van der Waals surface area contributed by atoms with Crippen LogP contribution in [0.2, 0.25) is 0 Å². The number of benzene rings is 1. The van der Waals surface area contributed by atoms with Crippen molar-refractivity contribution in [2.24, 2.45) is 5.92 Å². The summed E-state index contributed by atoms with van der Waals surface area (Å²) in [6.45, 7) is 0. The van der Waals surface area contributed by atoms with Crippen molar-refractivity contribution in [1.82, 2.24) is 0 Å². The summed E-state index contributed by atoms with van der Waals surface area (Å²) in [7, 11) is 1.55. The Labute approximate surface area is 132 Å². The Bertz CT molecular complexity index is 822. The molecule has 0 aliphatic heterocycles. The molecule has 2 atom stereocenters. The minimum absolute atomic E-state index is 0.381. The van der Waals surface area contributed by atoms with E-state index in [1.165, 1.54) is 16.9 Å². The number of thiophene rings is 1. The lowest BCUT2D eigenvalue weighted by molar-refractivity contribution is 0.416. The summed E-state index contributed by atoms with van der Waals surface area (Å²) in [5.74, 6) is 1.84. The van der Waals surface area contributed by atoms with Crippen LogP contribution in [0.15, 0.2) is 24.3 Å². The first-order chi connectivity index (χ1) is 10.6. The van der Waals surface area contributed by atoms with Gasteiger partial charge in [-0.05, 0) is 48.1 Å². The number of fused-ring (bicyclic) bond motifs is 3. The topological polar surface area (TPSA) is 85.1 Å². The average molecular weight is 311 g/mol. The number of rotatable bonds is 3. The molecule has 0 amide bonds. The van der Waals surface area contributed by atoms with Gasteiger partial charge in [0.05, 0.1) is 28.9 Å². The SMILES string of the molecule is COc1c(N)ccc(N)c1C(=N)c1cc2c(s1)C=CC1CC21. The quantitative estimate of drug-likeness (QED) is 0.599. The van der Waals surface area contributed by atoms with Crippen molar-refractivity contribution in [2.75, 3.05) is 18.6 Å². The molecule has 0 bridgehead atoms. The van der Waals surface area contributed by atoms with E-state index in [0.717, 1.165) is 4.88 Å². The zero-order chi connectivity index (χ0) is 15.4. The van der Waals surface area contributed by atoms with Crippen molar-refractivity contribution in [3.05, 3.63) is 45.2 Å². The number of nitrogens with one attached hydrogen (secondary N) is 1. The molecule has 2 unspecified atom stereocenters. The highest BCUT2D eigenvalue weighted by molar-refractivity contribution is 7.15. The lowest BCUT2D eigenvalue weighted by atomic mass is 10.0. The van der Waals surface area contributed by atoms with Gasteiger partial charge < -0.3 is 16.2 Å². The summed E-state index contributed by atoms with van der Waals surface area (Å²) in [5.41, 5.74) is 15.4. The maximum atomic E-state index is 8.58. The Morgan fingerprint density at radius 3 is 2.86 bits per heavy atom. The van der Waals surface area contributed by atoms with E-state index in [2.05, 4.69) is 18.2 Å². The maximum Gasteiger partial charge on any atom is 0.153 e. The molecule has 1 aromatic heterocycles. The van der Waals surface area contributed by atoms with E-state index >= 15 is 0 Å². The van der Waals surface area contributed by atoms with Gasteiger partial charge in [0.1, 0.15) is 0 Å². The van der Waals surface area contributed by atoms with E-state index in [0.29, 0.717) is 40.2 Å². The van der Waals surface area contributed by atoms with Gasteiger partial charge in [0.25, 0.3) is 0 Å². The molecule has 2 aromatic rings. The molecule has 2 aliphatic carbocycles. The molecule has 1 aromatic carbocycles. The van der Waals surface area contributed by atoms with E-state index in [9.17, 15) is 0 Å². The summed E-state index contributed by atoms with van der Waals surface area (Å²) >= 11 is 1.64. The second kappa shape index (κ2) is 4.61. The molecule has 0 saturated heterocycles. The van der Waals surface area contributed by atoms with E-state index in [-0.39, 0.29) is 0 Å². The number of anilines is 2. The second-order valence-corrected chi connectivity index (χ2v) is 6.91. The van der Waals surface area contributed by atoms with Crippen LogP contribution in [0.1, 0.15) is 33.2 Å². The molecule has 1 saturated carbocycles. The van der Waals surface area contributed by atoms with Crippen molar-refractivity contribution in [3.63, 3.8) is 0 Å². The van der Waals surface area contributed by atoms with Crippen LogP contribution in [-0.2, 0) is 0 Å². The minimum atomic E-state index is 0.381. The molecule has 2 aliphatic rings. The molecule has 5 heteroatoms. The van der Waals surface area contributed by atoms with Crippen LogP contribution in [0.25, 0.3) is 6.08 Å². The molecule has 22 heavy (non-hydrogen) atoms. The highest BCUT2D eigenvalue weighted by Crippen LogP contribution is 2.54. The Hall–Kier alpha value is -2.27. The van der Waals surface area contributed by atoms with Gasteiger partial charge in [0.2, 0.25) is 0 Å². The van der Waals surface area contributed by atoms with Gasteiger partial charge >= 0.3 is 0 Å². The molecule has 4 nitrogen and oxygen atoms in total. The maximum absolute atomic E-state index is 8.58. The first kappa shape index (κ1) is 13.4. The van der Waals surface area contributed by atoms with Crippen LogP contribution < -0.4 is 16.2 Å². The van der Waals surface area contributed by atoms with Gasteiger partial charge in [-0.2, -0.15) is 0 Å². The fourth-order valence-electron chi connectivity index (χ4n) is 3.17. The summed E-state index contributed by atoms with van der Waals surface area (Å²) in [4.78, 5) is 2.18. The predicted octanol–water partition coefficient (Wildman–Crippen LogP) is 3.47. The number of nitrogens with two attached hydrogens (primary N) is 2. The fourth-order valence-corrected chi connectivity index (χ4v) is 4.28. The van der Waals surface area contributed by atoms with Crippen LogP contribution in [0.3, 0.4) is 0 Å². The molecular formula is C17H17N3OS. The smallest absolute Gasteiger partial charge is 0.153 e. The Morgan fingerprint density at radius 1 is 1.32 bits per heavy atom. The van der Waals surface area contributed by atoms with Gasteiger partial charge in [-0.3, -0.25) is 5.41 Å². The van der Waals surface area contributed by atoms with E-state index in [4.69, 9.17) is 21.6 Å². The van der Waals surface area contributed by atoms with Gasteiger partial charge in [0, 0.05) is 10.6 Å². The lowest BCUT2D eigenvalue weighted by Gasteiger charge is -2.13. The average Bonchev–Trinajstić information content (AvgIpc) is 3.18. The highest BCUT2D eigenvalue weighted by atomic mass is 32.1. The molecule has 0 radical (unpaired) electrons. The molecule has 4 rings (SSSR count). The lowest BCUT2D eigenvalue weighted by Crippen LogP contribution is -2.08. The number of methoxy groups -OCH3 is 1. The van der Waals surface area contributed by atoms with Crippen LogP contribution in [0.5, 0.6) is 5.75 Å².